The fraction of sp³-hybridized carbons (Fsp3) is 0.231. The first kappa shape index (κ1) is 10.7. The summed E-state index contributed by atoms with van der Waals surface area (Å²) in [4.78, 5) is 4.01. The van der Waals surface area contributed by atoms with Gasteiger partial charge in [-0.3, -0.25) is 0 Å². The number of rotatable bonds is 5. The van der Waals surface area contributed by atoms with E-state index in [9.17, 15) is 0 Å². The maximum atomic E-state index is 5.55. The lowest BCUT2D eigenvalue weighted by atomic mass is 10.3. The molecule has 0 aliphatic heterocycles. The molecule has 1 heterocycles. The van der Waals surface area contributed by atoms with E-state index in [1.807, 2.05) is 35.0 Å². The second-order valence-corrected chi connectivity index (χ2v) is 3.52. The third-order valence-electron chi connectivity index (χ3n) is 2.30. The van der Waals surface area contributed by atoms with Crippen LogP contribution in [-0.2, 0) is 0 Å². The van der Waals surface area contributed by atoms with Crippen LogP contribution in [0, 0.1) is 6.92 Å². The summed E-state index contributed by atoms with van der Waals surface area (Å²) in [5.41, 5.74) is 1.09. The third kappa shape index (κ3) is 2.63. The molecule has 0 fully saturated rings. The molecule has 2 rings (SSSR count). The maximum absolute atomic E-state index is 5.55. The number of benzene rings is 1. The van der Waals surface area contributed by atoms with E-state index in [1.54, 1.807) is 12.5 Å². The molecule has 3 heteroatoms. The zero-order valence-electron chi connectivity index (χ0n) is 9.17. The molecule has 0 aliphatic rings. The Morgan fingerprint density at radius 3 is 2.69 bits per heavy atom. The summed E-state index contributed by atoms with van der Waals surface area (Å²) in [7, 11) is 0. The summed E-state index contributed by atoms with van der Waals surface area (Å²) >= 11 is 0. The fourth-order valence-electron chi connectivity index (χ4n) is 1.42. The van der Waals surface area contributed by atoms with Gasteiger partial charge in [-0.15, -0.1) is 0 Å². The van der Waals surface area contributed by atoms with Gasteiger partial charge in [-0.05, 0) is 30.7 Å². The number of unbranched alkanes of at least 4 members (excludes halogenated alkanes) is 1. The number of aromatic nitrogens is 2. The maximum Gasteiger partial charge on any atom is 0.119 e. The van der Waals surface area contributed by atoms with Crippen LogP contribution in [0.5, 0.6) is 5.75 Å². The topological polar surface area (TPSA) is 27.1 Å². The molecule has 0 spiro atoms. The van der Waals surface area contributed by atoms with Gasteiger partial charge in [0.2, 0.25) is 0 Å². The summed E-state index contributed by atoms with van der Waals surface area (Å²) in [5, 5.41) is 0. The summed E-state index contributed by atoms with van der Waals surface area (Å²) in [6.45, 7) is 4.50. The van der Waals surface area contributed by atoms with Crippen molar-refractivity contribution in [2.75, 3.05) is 6.61 Å². The van der Waals surface area contributed by atoms with Crippen molar-refractivity contribution in [3.05, 3.63) is 49.9 Å². The molecular formula is C13H15N2O. The number of hydrogen-bond donors (Lipinski definition) is 0. The van der Waals surface area contributed by atoms with Crippen molar-refractivity contribution >= 4 is 0 Å². The quantitative estimate of drug-likeness (QED) is 0.717. The minimum Gasteiger partial charge on any atom is -0.494 e. The van der Waals surface area contributed by atoms with Crippen molar-refractivity contribution < 1.29 is 4.74 Å². The average molecular weight is 215 g/mol. The molecule has 0 unspecified atom stereocenters. The molecule has 1 aromatic carbocycles. The normalized spacial score (nSPS) is 10.3. The molecule has 16 heavy (non-hydrogen) atoms. The van der Waals surface area contributed by atoms with Crippen LogP contribution in [0.3, 0.4) is 0 Å². The first-order valence-corrected chi connectivity index (χ1v) is 5.40. The van der Waals surface area contributed by atoms with Gasteiger partial charge in [0.25, 0.3) is 0 Å². The predicted molar refractivity (Wildman–Crippen MR) is 63.7 cm³/mol. The van der Waals surface area contributed by atoms with E-state index in [0.717, 1.165) is 30.9 Å². The smallest absolute Gasteiger partial charge is 0.119 e. The predicted octanol–water partition coefficient (Wildman–Crippen LogP) is 2.87. The first-order valence-electron chi connectivity index (χ1n) is 5.40. The van der Waals surface area contributed by atoms with Crippen molar-refractivity contribution in [1.29, 1.82) is 0 Å². The first-order chi connectivity index (χ1) is 7.90. The Morgan fingerprint density at radius 2 is 2.06 bits per heavy atom. The van der Waals surface area contributed by atoms with E-state index in [0.29, 0.717) is 0 Å². The molecule has 83 valence electrons. The van der Waals surface area contributed by atoms with E-state index >= 15 is 0 Å². The van der Waals surface area contributed by atoms with Gasteiger partial charge in [0.05, 0.1) is 12.9 Å². The highest BCUT2D eigenvalue weighted by molar-refractivity contribution is 5.37. The molecule has 3 nitrogen and oxygen atoms in total. The zero-order chi connectivity index (χ0) is 11.2. The highest BCUT2D eigenvalue weighted by Crippen LogP contribution is 2.15. The number of ether oxygens (including phenoxy) is 1. The van der Waals surface area contributed by atoms with Crippen molar-refractivity contribution in [3.8, 4) is 11.4 Å². The van der Waals surface area contributed by atoms with Crippen molar-refractivity contribution in [3.63, 3.8) is 0 Å². The van der Waals surface area contributed by atoms with E-state index in [2.05, 4.69) is 11.9 Å². The number of hydrogen-bond acceptors (Lipinski definition) is 2. The Morgan fingerprint density at radius 1 is 1.25 bits per heavy atom. The molecule has 0 aliphatic carbocycles. The van der Waals surface area contributed by atoms with Gasteiger partial charge in [0, 0.05) is 18.1 Å². The van der Waals surface area contributed by atoms with Crippen molar-refractivity contribution in [2.45, 2.75) is 12.8 Å². The van der Waals surface area contributed by atoms with Crippen LogP contribution in [0.1, 0.15) is 12.8 Å². The SMILES string of the molecule is [CH2]CCCOc1ccc(-n2ccnc2)cc1. The molecule has 0 atom stereocenters. The molecule has 0 amide bonds. The van der Waals surface area contributed by atoms with Crippen molar-refractivity contribution in [2.24, 2.45) is 0 Å². The standard InChI is InChI=1S/C13H15N2O/c1-2-3-10-16-13-6-4-12(5-7-13)15-9-8-14-11-15/h4-9,11H,1-3,10H2. The summed E-state index contributed by atoms with van der Waals surface area (Å²) in [6.07, 6.45) is 7.35. The Bertz CT molecular complexity index is 406. The second kappa shape index (κ2) is 5.35. The van der Waals surface area contributed by atoms with Crippen molar-refractivity contribution in [1.82, 2.24) is 9.55 Å². The molecule has 0 saturated heterocycles. The minimum atomic E-state index is 0.730. The highest BCUT2D eigenvalue weighted by atomic mass is 16.5. The number of nitrogens with zero attached hydrogens (tertiary/aromatic N) is 2. The lowest BCUT2D eigenvalue weighted by molar-refractivity contribution is 0.312. The highest BCUT2D eigenvalue weighted by Gasteiger charge is 1.96. The van der Waals surface area contributed by atoms with Gasteiger partial charge in [-0.25, -0.2) is 4.98 Å². The van der Waals surface area contributed by atoms with Crippen LogP contribution < -0.4 is 4.74 Å². The zero-order valence-corrected chi connectivity index (χ0v) is 9.17. The molecule has 0 N–H and O–H groups in total. The summed E-state index contributed by atoms with van der Waals surface area (Å²) in [6, 6.07) is 7.97. The summed E-state index contributed by atoms with van der Waals surface area (Å²) in [5.74, 6) is 0.900. The largest absolute Gasteiger partial charge is 0.494 e. The van der Waals surface area contributed by atoms with Gasteiger partial charge in [0.15, 0.2) is 0 Å². The molecule has 1 radical (unpaired) electrons. The van der Waals surface area contributed by atoms with Crippen LogP contribution in [0.25, 0.3) is 5.69 Å². The second-order valence-electron chi connectivity index (χ2n) is 3.52. The summed E-state index contributed by atoms with van der Waals surface area (Å²) < 4.78 is 7.51. The molecule has 0 saturated carbocycles. The van der Waals surface area contributed by atoms with Crippen LogP contribution in [0.4, 0.5) is 0 Å². The van der Waals surface area contributed by atoms with E-state index in [-0.39, 0.29) is 0 Å². The van der Waals surface area contributed by atoms with Gasteiger partial charge in [0.1, 0.15) is 5.75 Å². The van der Waals surface area contributed by atoms with E-state index < -0.39 is 0 Å². The van der Waals surface area contributed by atoms with E-state index in [4.69, 9.17) is 4.74 Å². The third-order valence-corrected chi connectivity index (χ3v) is 2.30. The Hall–Kier alpha value is -1.77. The van der Waals surface area contributed by atoms with Crippen LogP contribution in [0.2, 0.25) is 0 Å². The van der Waals surface area contributed by atoms with Crippen LogP contribution >= 0.6 is 0 Å². The van der Waals surface area contributed by atoms with Gasteiger partial charge >= 0.3 is 0 Å². The van der Waals surface area contributed by atoms with Crippen LogP contribution in [0.15, 0.2) is 43.0 Å². The molecule has 1 aromatic heterocycles. The average Bonchev–Trinajstić information content (AvgIpc) is 2.84. The number of imidazole rings is 1. The fourth-order valence-corrected chi connectivity index (χ4v) is 1.42. The van der Waals surface area contributed by atoms with Gasteiger partial charge in [-0.1, -0.05) is 13.3 Å². The van der Waals surface area contributed by atoms with Gasteiger partial charge < -0.3 is 9.30 Å². The van der Waals surface area contributed by atoms with E-state index in [1.165, 1.54) is 0 Å². The molecule has 2 aromatic rings. The monoisotopic (exact) mass is 215 g/mol. The minimum absolute atomic E-state index is 0.730. The lowest BCUT2D eigenvalue weighted by Crippen LogP contribution is -1.96. The Labute approximate surface area is 95.7 Å². The molecule has 0 bridgehead atoms. The Kier molecular flexibility index (Phi) is 3.59. The molecular weight excluding hydrogens is 200 g/mol. The van der Waals surface area contributed by atoms with Gasteiger partial charge in [-0.2, -0.15) is 0 Å². The van der Waals surface area contributed by atoms with Crippen LogP contribution in [-0.4, -0.2) is 16.2 Å². The Balaban J connectivity index is 2.00. The lowest BCUT2D eigenvalue weighted by Gasteiger charge is -2.06.